The first-order chi connectivity index (χ1) is 10.2. The summed E-state index contributed by atoms with van der Waals surface area (Å²) in [5.41, 5.74) is 6.66. The topological polar surface area (TPSA) is 69.6 Å². The lowest BCUT2D eigenvalue weighted by Crippen LogP contribution is -2.24. The van der Waals surface area contributed by atoms with Crippen molar-refractivity contribution in [2.45, 2.75) is 45.1 Å². The second-order valence-electron chi connectivity index (χ2n) is 5.71. The summed E-state index contributed by atoms with van der Waals surface area (Å²) in [6.45, 7) is 2.19. The number of nitrogen functional groups attached to an aromatic ring is 1. The number of hydrogen-bond donors (Lipinski definition) is 1. The van der Waals surface area contributed by atoms with Crippen molar-refractivity contribution >= 4 is 5.69 Å². The lowest BCUT2D eigenvalue weighted by Gasteiger charge is -2.31. The zero-order valence-electron chi connectivity index (χ0n) is 12.2. The number of anilines is 1. The molecule has 1 aromatic heterocycles. The van der Waals surface area contributed by atoms with E-state index in [1.54, 1.807) is 16.8 Å². The Morgan fingerprint density at radius 3 is 2.95 bits per heavy atom. The second-order valence-corrected chi connectivity index (χ2v) is 5.71. The van der Waals surface area contributed by atoms with Gasteiger partial charge in [0.25, 0.3) is 0 Å². The van der Waals surface area contributed by atoms with Crippen LogP contribution in [0.5, 0.6) is 0 Å². The molecule has 2 atom stereocenters. The Kier molecular flexibility index (Phi) is 3.86. The quantitative estimate of drug-likeness (QED) is 0.881. The van der Waals surface area contributed by atoms with Gasteiger partial charge >= 0.3 is 0 Å². The molecule has 0 aliphatic heterocycles. The van der Waals surface area contributed by atoms with Crippen LogP contribution in [0.4, 0.5) is 10.1 Å². The first-order valence-corrected chi connectivity index (χ1v) is 7.54. The third-order valence-corrected chi connectivity index (χ3v) is 4.43. The largest absolute Gasteiger partial charge is 0.399 e. The Morgan fingerprint density at radius 1 is 1.33 bits per heavy atom. The van der Waals surface area contributed by atoms with Crippen LogP contribution in [0.2, 0.25) is 0 Å². The van der Waals surface area contributed by atoms with E-state index < -0.39 is 0 Å². The van der Waals surface area contributed by atoms with Crippen LogP contribution in [0.25, 0.3) is 11.4 Å². The Morgan fingerprint density at radius 2 is 2.14 bits per heavy atom. The molecule has 1 aliphatic rings. The smallest absolute Gasteiger partial charge is 0.185 e. The van der Waals surface area contributed by atoms with Crippen molar-refractivity contribution in [3.05, 3.63) is 24.0 Å². The van der Waals surface area contributed by atoms with Gasteiger partial charge < -0.3 is 5.73 Å². The predicted molar refractivity (Wildman–Crippen MR) is 78.9 cm³/mol. The van der Waals surface area contributed by atoms with Crippen LogP contribution in [0.1, 0.15) is 45.1 Å². The van der Waals surface area contributed by atoms with Crippen LogP contribution in [0, 0.1) is 11.7 Å². The van der Waals surface area contributed by atoms with Crippen molar-refractivity contribution in [2.24, 2.45) is 5.92 Å². The molecule has 2 unspecified atom stereocenters. The van der Waals surface area contributed by atoms with Crippen LogP contribution >= 0.6 is 0 Å². The third kappa shape index (κ3) is 2.62. The van der Waals surface area contributed by atoms with Crippen molar-refractivity contribution in [3.8, 4) is 11.4 Å². The maximum atomic E-state index is 14.1. The minimum Gasteiger partial charge on any atom is -0.399 e. The van der Waals surface area contributed by atoms with Gasteiger partial charge in [-0.15, -0.1) is 5.10 Å². The highest BCUT2D eigenvalue weighted by Crippen LogP contribution is 2.37. The van der Waals surface area contributed by atoms with E-state index in [1.165, 1.54) is 25.3 Å². The second kappa shape index (κ2) is 5.79. The van der Waals surface area contributed by atoms with Crippen LogP contribution in [-0.4, -0.2) is 20.2 Å². The number of nitrogens with zero attached hydrogens (tertiary/aromatic N) is 4. The van der Waals surface area contributed by atoms with E-state index in [4.69, 9.17) is 5.73 Å². The molecule has 5 nitrogen and oxygen atoms in total. The summed E-state index contributed by atoms with van der Waals surface area (Å²) in [7, 11) is 0. The average molecular weight is 289 g/mol. The molecule has 1 heterocycles. The van der Waals surface area contributed by atoms with E-state index in [2.05, 4.69) is 22.4 Å². The summed E-state index contributed by atoms with van der Waals surface area (Å²) in [4.78, 5) is 0. The molecule has 0 saturated heterocycles. The van der Waals surface area contributed by atoms with E-state index in [1.807, 2.05) is 0 Å². The van der Waals surface area contributed by atoms with Gasteiger partial charge in [0.1, 0.15) is 5.82 Å². The van der Waals surface area contributed by atoms with Gasteiger partial charge in [-0.1, -0.05) is 26.2 Å². The molecule has 21 heavy (non-hydrogen) atoms. The fraction of sp³-hybridized carbons (Fsp3) is 0.533. The first-order valence-electron chi connectivity index (χ1n) is 7.54. The summed E-state index contributed by atoms with van der Waals surface area (Å²) < 4.78 is 15.9. The van der Waals surface area contributed by atoms with E-state index in [-0.39, 0.29) is 11.9 Å². The highest BCUT2D eigenvalue weighted by molar-refractivity contribution is 5.61. The van der Waals surface area contributed by atoms with Crippen molar-refractivity contribution in [1.29, 1.82) is 0 Å². The number of rotatable bonds is 3. The number of aromatic nitrogens is 4. The predicted octanol–water partition coefficient (Wildman–Crippen LogP) is 3.20. The zero-order valence-corrected chi connectivity index (χ0v) is 12.2. The minimum atomic E-state index is -0.343. The van der Waals surface area contributed by atoms with E-state index in [0.717, 1.165) is 12.8 Å². The normalized spacial score (nSPS) is 22.4. The summed E-state index contributed by atoms with van der Waals surface area (Å²) >= 11 is 0. The molecule has 0 radical (unpaired) electrons. The molecule has 0 bridgehead atoms. The monoisotopic (exact) mass is 289 g/mol. The Balaban J connectivity index is 2.02. The maximum Gasteiger partial charge on any atom is 0.185 e. The SMILES string of the molecule is CCC1CCCCC1n1nnnc1-c1cc(N)ccc1F. The maximum absolute atomic E-state index is 14.1. The molecule has 2 aromatic rings. The third-order valence-electron chi connectivity index (χ3n) is 4.43. The van der Waals surface area contributed by atoms with Crippen LogP contribution in [-0.2, 0) is 0 Å². The number of nitrogens with two attached hydrogens (primary N) is 1. The molecule has 1 aliphatic carbocycles. The molecule has 6 heteroatoms. The van der Waals surface area contributed by atoms with Gasteiger partial charge in [-0.25, -0.2) is 9.07 Å². The van der Waals surface area contributed by atoms with Crippen molar-refractivity contribution < 1.29 is 4.39 Å². The van der Waals surface area contributed by atoms with Gasteiger partial charge in [0.2, 0.25) is 0 Å². The Hall–Kier alpha value is -1.98. The zero-order chi connectivity index (χ0) is 14.8. The highest BCUT2D eigenvalue weighted by atomic mass is 19.1. The number of benzene rings is 1. The van der Waals surface area contributed by atoms with E-state index in [0.29, 0.717) is 23.0 Å². The lowest BCUT2D eigenvalue weighted by atomic mass is 9.83. The molecule has 3 rings (SSSR count). The standard InChI is InChI=1S/C15H20FN5/c1-2-10-5-3-4-6-14(10)21-15(18-19-20-21)12-9-11(17)7-8-13(12)16/h7-10,14H,2-6,17H2,1H3. The molecule has 0 amide bonds. The van der Waals surface area contributed by atoms with Gasteiger partial charge in [0, 0.05) is 5.69 Å². The fourth-order valence-electron chi connectivity index (χ4n) is 3.29. The van der Waals surface area contributed by atoms with Gasteiger partial charge in [-0.05, 0) is 47.4 Å². The van der Waals surface area contributed by atoms with E-state index in [9.17, 15) is 4.39 Å². The number of tetrazole rings is 1. The van der Waals surface area contributed by atoms with Crippen molar-refractivity contribution in [1.82, 2.24) is 20.2 Å². The van der Waals surface area contributed by atoms with Crippen molar-refractivity contribution in [3.63, 3.8) is 0 Å². The summed E-state index contributed by atoms with van der Waals surface area (Å²) in [5, 5.41) is 11.9. The molecule has 1 aromatic carbocycles. The Labute approximate surface area is 123 Å². The molecular formula is C15H20FN5. The summed E-state index contributed by atoms with van der Waals surface area (Å²) in [6.07, 6.45) is 5.72. The van der Waals surface area contributed by atoms with Gasteiger partial charge in [0.05, 0.1) is 11.6 Å². The molecule has 1 saturated carbocycles. The molecule has 0 spiro atoms. The molecule has 112 valence electrons. The molecule has 1 fully saturated rings. The van der Waals surface area contributed by atoms with Crippen LogP contribution in [0.3, 0.4) is 0 Å². The highest BCUT2D eigenvalue weighted by Gasteiger charge is 2.29. The summed E-state index contributed by atoms with van der Waals surface area (Å²) in [5.74, 6) is 0.680. The van der Waals surface area contributed by atoms with Crippen LogP contribution in [0.15, 0.2) is 18.2 Å². The molecule has 2 N–H and O–H groups in total. The lowest BCUT2D eigenvalue weighted by molar-refractivity contribution is 0.216. The average Bonchev–Trinajstić information content (AvgIpc) is 2.98. The van der Waals surface area contributed by atoms with Gasteiger partial charge in [-0.2, -0.15) is 0 Å². The summed E-state index contributed by atoms with van der Waals surface area (Å²) in [6, 6.07) is 4.75. The molecular weight excluding hydrogens is 269 g/mol. The minimum absolute atomic E-state index is 0.245. The van der Waals surface area contributed by atoms with Crippen molar-refractivity contribution in [2.75, 3.05) is 5.73 Å². The number of halogens is 1. The first kappa shape index (κ1) is 14.0. The van der Waals surface area contributed by atoms with Gasteiger partial charge in [-0.3, -0.25) is 0 Å². The fourth-order valence-corrected chi connectivity index (χ4v) is 3.29. The van der Waals surface area contributed by atoms with Gasteiger partial charge in [0.15, 0.2) is 5.82 Å². The van der Waals surface area contributed by atoms with Crippen LogP contribution < -0.4 is 5.73 Å². The Bertz CT molecular complexity index is 624. The number of hydrogen-bond acceptors (Lipinski definition) is 4. The van der Waals surface area contributed by atoms with E-state index >= 15 is 0 Å².